The number of carbonyl (C=O) groups is 2. The van der Waals surface area contributed by atoms with Gasteiger partial charge in [-0.05, 0) is 67.1 Å². The molecule has 9 heteroatoms. The van der Waals surface area contributed by atoms with Crippen LogP contribution in [0.2, 0.25) is 0 Å². The molecule has 0 atom stereocenters. The Bertz CT molecular complexity index is 1640. The maximum absolute atomic E-state index is 13.2. The van der Waals surface area contributed by atoms with E-state index >= 15 is 0 Å². The molecule has 0 unspecified atom stereocenters. The lowest BCUT2D eigenvalue weighted by molar-refractivity contribution is 0.0991. The Kier molecular flexibility index (Phi) is 6.39. The Morgan fingerprint density at radius 3 is 2.49 bits per heavy atom. The van der Waals surface area contributed by atoms with Gasteiger partial charge in [0.1, 0.15) is 5.82 Å². The summed E-state index contributed by atoms with van der Waals surface area (Å²) in [5, 5.41) is 4.46. The number of anilines is 3. The molecule has 2 amide bonds. The monoisotopic (exact) mass is 517 g/mol. The Balaban J connectivity index is 1.40. The van der Waals surface area contributed by atoms with Crippen LogP contribution >= 0.6 is 0 Å². The van der Waals surface area contributed by atoms with Gasteiger partial charge in [0.05, 0.1) is 10.6 Å². The van der Waals surface area contributed by atoms with Gasteiger partial charge in [-0.25, -0.2) is 12.8 Å². The van der Waals surface area contributed by atoms with E-state index in [0.717, 1.165) is 53.6 Å². The van der Waals surface area contributed by atoms with Crippen LogP contribution in [0.1, 0.15) is 40.5 Å². The van der Waals surface area contributed by atoms with Crippen molar-refractivity contribution in [1.29, 1.82) is 0 Å². The second kappa shape index (κ2) is 9.67. The summed E-state index contributed by atoms with van der Waals surface area (Å²) in [5.41, 5.74) is 2.42. The van der Waals surface area contributed by atoms with E-state index in [2.05, 4.69) is 17.0 Å². The van der Waals surface area contributed by atoms with E-state index in [1.165, 1.54) is 12.1 Å². The first kappa shape index (κ1) is 24.5. The average Bonchev–Trinajstić information content (AvgIpc) is 3.16. The fraction of sp³-hybridized carbons (Fsp3) is 0.143. The third-order valence-corrected chi connectivity index (χ3v) is 7.67. The highest BCUT2D eigenvalue weighted by Gasteiger charge is 2.30. The lowest BCUT2D eigenvalue weighted by Gasteiger charge is -2.18. The van der Waals surface area contributed by atoms with Crippen molar-refractivity contribution in [3.8, 4) is 0 Å². The molecular formula is C28H24FN3O4S. The molecule has 0 saturated heterocycles. The van der Waals surface area contributed by atoms with Gasteiger partial charge in [0, 0.05) is 39.8 Å². The van der Waals surface area contributed by atoms with Crippen LogP contribution in [0.3, 0.4) is 0 Å². The first-order valence-electron chi connectivity index (χ1n) is 11.9. The highest BCUT2D eigenvalue weighted by Crippen LogP contribution is 2.40. The van der Waals surface area contributed by atoms with E-state index in [1.807, 2.05) is 12.1 Å². The molecule has 0 aliphatic carbocycles. The predicted molar refractivity (Wildman–Crippen MR) is 142 cm³/mol. The molecule has 7 nitrogen and oxygen atoms in total. The molecule has 2 N–H and O–H groups in total. The van der Waals surface area contributed by atoms with Crippen molar-refractivity contribution in [3.63, 3.8) is 0 Å². The van der Waals surface area contributed by atoms with Gasteiger partial charge < -0.3 is 10.2 Å². The fourth-order valence-corrected chi connectivity index (χ4v) is 5.49. The van der Waals surface area contributed by atoms with E-state index in [9.17, 15) is 22.4 Å². The summed E-state index contributed by atoms with van der Waals surface area (Å²) < 4.78 is 40.9. The topological polar surface area (TPSA) is 95.6 Å². The van der Waals surface area contributed by atoms with E-state index in [1.54, 1.807) is 35.2 Å². The number of carbonyl (C=O) groups excluding carboxylic acids is 2. The molecule has 1 aliphatic rings. The van der Waals surface area contributed by atoms with Crippen LogP contribution in [0.15, 0.2) is 83.8 Å². The van der Waals surface area contributed by atoms with Crippen LogP contribution in [-0.2, 0) is 10.0 Å². The van der Waals surface area contributed by atoms with Crippen molar-refractivity contribution in [3.05, 3.63) is 95.8 Å². The van der Waals surface area contributed by atoms with Crippen molar-refractivity contribution in [2.45, 2.75) is 24.7 Å². The molecule has 0 fully saturated rings. The Hall–Kier alpha value is -4.24. The first-order valence-corrected chi connectivity index (χ1v) is 13.3. The zero-order valence-electron chi connectivity index (χ0n) is 20.0. The third-order valence-electron chi connectivity index (χ3n) is 6.27. The summed E-state index contributed by atoms with van der Waals surface area (Å²) in [6.45, 7) is 2.70. The zero-order valence-corrected chi connectivity index (χ0v) is 20.8. The van der Waals surface area contributed by atoms with Crippen LogP contribution in [0.4, 0.5) is 21.5 Å². The number of sulfonamides is 1. The lowest BCUT2D eigenvalue weighted by atomic mass is 10.0. The second-order valence-electron chi connectivity index (χ2n) is 8.77. The zero-order chi connectivity index (χ0) is 26.2. The molecule has 0 radical (unpaired) electrons. The summed E-state index contributed by atoms with van der Waals surface area (Å²) in [7, 11) is -3.97. The largest absolute Gasteiger partial charge is 0.321 e. The molecule has 4 aromatic rings. The molecule has 188 valence electrons. The number of rotatable bonds is 8. The Morgan fingerprint density at radius 1 is 0.973 bits per heavy atom. The quantitative estimate of drug-likeness (QED) is 0.309. The van der Waals surface area contributed by atoms with Crippen molar-refractivity contribution in [1.82, 2.24) is 0 Å². The van der Waals surface area contributed by atoms with Gasteiger partial charge in [0.25, 0.3) is 21.8 Å². The number of hydrogen-bond donors (Lipinski definition) is 2. The molecule has 0 spiro atoms. The van der Waals surface area contributed by atoms with Crippen molar-refractivity contribution < 1.29 is 22.4 Å². The molecule has 0 saturated carbocycles. The minimum Gasteiger partial charge on any atom is -0.321 e. The highest BCUT2D eigenvalue weighted by molar-refractivity contribution is 7.92. The van der Waals surface area contributed by atoms with E-state index in [0.29, 0.717) is 17.8 Å². The summed E-state index contributed by atoms with van der Waals surface area (Å²) in [5.74, 6) is -1.02. The Morgan fingerprint density at radius 2 is 1.73 bits per heavy atom. The standard InChI is InChI=1S/C28H24FN3O4S/c1-2-3-16-32-25-15-14-24(22-8-5-9-23(26(22)25)28(32)34)30-27(33)18-6-4-7-20(17-18)31-37(35,36)21-12-10-19(29)11-13-21/h4-15,17,31H,2-3,16H2,1H3,(H,30,33). The Labute approximate surface area is 214 Å². The number of benzene rings is 4. The normalized spacial score (nSPS) is 12.7. The van der Waals surface area contributed by atoms with Gasteiger partial charge in [-0.2, -0.15) is 0 Å². The van der Waals surface area contributed by atoms with Gasteiger partial charge in [0.15, 0.2) is 0 Å². The molecule has 37 heavy (non-hydrogen) atoms. The summed E-state index contributed by atoms with van der Waals surface area (Å²) in [4.78, 5) is 27.8. The molecule has 1 heterocycles. The van der Waals surface area contributed by atoms with Gasteiger partial charge >= 0.3 is 0 Å². The van der Waals surface area contributed by atoms with Gasteiger partial charge in [-0.15, -0.1) is 0 Å². The van der Waals surface area contributed by atoms with Crippen molar-refractivity contribution in [2.24, 2.45) is 0 Å². The second-order valence-corrected chi connectivity index (χ2v) is 10.4. The summed E-state index contributed by atoms with van der Waals surface area (Å²) in [6, 6.07) is 19.6. The number of nitrogens with zero attached hydrogens (tertiary/aromatic N) is 1. The van der Waals surface area contributed by atoms with Crippen LogP contribution in [-0.4, -0.2) is 26.8 Å². The van der Waals surface area contributed by atoms with E-state index < -0.39 is 21.7 Å². The summed E-state index contributed by atoms with van der Waals surface area (Å²) in [6.07, 6.45) is 1.86. The molecular weight excluding hydrogens is 493 g/mol. The van der Waals surface area contributed by atoms with Crippen LogP contribution in [0, 0.1) is 5.82 Å². The number of halogens is 1. The third kappa shape index (κ3) is 4.65. The minimum absolute atomic E-state index is 0.0429. The highest BCUT2D eigenvalue weighted by atomic mass is 32.2. The predicted octanol–water partition coefficient (Wildman–Crippen LogP) is 5.79. The molecule has 0 bridgehead atoms. The SMILES string of the molecule is CCCCN1C(=O)c2cccc3c(NC(=O)c4cccc(NS(=O)(=O)c5ccc(F)cc5)c4)ccc1c23. The number of amides is 2. The maximum Gasteiger partial charge on any atom is 0.261 e. The number of hydrogen-bond acceptors (Lipinski definition) is 4. The minimum atomic E-state index is -3.97. The van der Waals surface area contributed by atoms with E-state index in [4.69, 9.17) is 0 Å². The fourth-order valence-electron chi connectivity index (χ4n) is 4.44. The lowest BCUT2D eigenvalue weighted by Crippen LogP contribution is -2.27. The first-order chi connectivity index (χ1) is 17.8. The van der Waals surface area contributed by atoms with Crippen LogP contribution in [0.5, 0.6) is 0 Å². The number of nitrogens with one attached hydrogen (secondary N) is 2. The van der Waals surface area contributed by atoms with Crippen LogP contribution in [0.25, 0.3) is 10.8 Å². The van der Waals surface area contributed by atoms with Crippen molar-refractivity contribution >= 4 is 49.7 Å². The summed E-state index contributed by atoms with van der Waals surface area (Å²) >= 11 is 0. The van der Waals surface area contributed by atoms with Crippen LogP contribution < -0.4 is 14.9 Å². The molecule has 1 aliphatic heterocycles. The average molecular weight is 518 g/mol. The van der Waals surface area contributed by atoms with Gasteiger partial charge in [-0.1, -0.05) is 31.5 Å². The van der Waals surface area contributed by atoms with E-state index in [-0.39, 0.29) is 22.1 Å². The number of unbranched alkanes of at least 4 members (excludes halogenated alkanes) is 1. The smallest absolute Gasteiger partial charge is 0.261 e. The van der Waals surface area contributed by atoms with Gasteiger partial charge in [0.2, 0.25) is 0 Å². The van der Waals surface area contributed by atoms with Gasteiger partial charge in [-0.3, -0.25) is 14.3 Å². The molecule has 5 rings (SSSR count). The van der Waals surface area contributed by atoms with Crippen molar-refractivity contribution in [2.75, 3.05) is 21.5 Å². The molecule has 4 aromatic carbocycles. The maximum atomic E-state index is 13.2. The molecule has 0 aromatic heterocycles.